The summed E-state index contributed by atoms with van der Waals surface area (Å²) in [6, 6.07) is 1.63. The maximum atomic E-state index is 13.6. The van der Waals surface area contributed by atoms with Crippen molar-refractivity contribution in [2.45, 2.75) is 59.3 Å². The first-order valence-corrected chi connectivity index (χ1v) is 11.1. The summed E-state index contributed by atoms with van der Waals surface area (Å²) in [4.78, 5) is 63.4. The molecule has 0 bridgehead atoms. The van der Waals surface area contributed by atoms with Gasteiger partial charge in [0.25, 0.3) is 0 Å². The largest absolute Gasteiger partial charge is 0.506 e. The predicted molar refractivity (Wildman–Crippen MR) is 116 cm³/mol. The molecule has 1 saturated carbocycles. The lowest BCUT2D eigenvalue weighted by Gasteiger charge is -2.42. The fraction of sp³-hybridized carbons (Fsp3) is 0.560. The van der Waals surface area contributed by atoms with Gasteiger partial charge >= 0.3 is 0 Å². The van der Waals surface area contributed by atoms with Crippen molar-refractivity contribution in [1.82, 2.24) is 0 Å². The first-order chi connectivity index (χ1) is 15.0. The molecule has 0 amide bonds. The number of fused-ring (bicyclic) bond motifs is 2. The molecule has 0 spiro atoms. The molecule has 0 aliphatic heterocycles. The number of Topliss-reactive ketones (excluding diaryl/α,β-unsaturated/α-hetero) is 5. The SMILES string of the molecule is CC(=O)CC(=O)C1C(=O)C2C(=O)c3c(O)c(C(C)=O)cc(C(C)C)c3CC2CC1CCO. The van der Waals surface area contributed by atoms with Gasteiger partial charge in [-0.2, -0.15) is 0 Å². The van der Waals surface area contributed by atoms with Gasteiger partial charge in [-0.25, -0.2) is 0 Å². The first kappa shape index (κ1) is 24.0. The molecule has 0 aromatic heterocycles. The molecule has 0 saturated heterocycles. The van der Waals surface area contributed by atoms with E-state index < -0.39 is 47.3 Å². The normalized spacial score (nSPS) is 24.8. The summed E-state index contributed by atoms with van der Waals surface area (Å²) in [5.41, 5.74) is 1.49. The van der Waals surface area contributed by atoms with Crippen LogP contribution in [0.15, 0.2) is 6.07 Å². The standard InChI is InChI=1S/C25H30O7/c1-11(2)16-10-17(13(4)28)23(30)22-18(16)9-15-8-14(5-6-26)20(19(29)7-12(3)27)24(31)21(15)25(22)32/h10-11,14-15,20-21,26,30H,5-9H2,1-4H3. The van der Waals surface area contributed by atoms with E-state index in [2.05, 4.69) is 0 Å². The number of carbonyl (C=O) groups excluding carboxylic acids is 5. The third kappa shape index (κ3) is 4.06. The van der Waals surface area contributed by atoms with Crippen molar-refractivity contribution in [3.63, 3.8) is 0 Å². The van der Waals surface area contributed by atoms with Crippen molar-refractivity contribution in [2.24, 2.45) is 23.7 Å². The Hall–Kier alpha value is -2.67. The number of ketones is 5. The van der Waals surface area contributed by atoms with E-state index in [1.807, 2.05) is 13.8 Å². The van der Waals surface area contributed by atoms with E-state index in [1.165, 1.54) is 13.8 Å². The molecule has 4 unspecified atom stereocenters. The van der Waals surface area contributed by atoms with E-state index in [-0.39, 0.29) is 47.6 Å². The molecule has 0 radical (unpaired) electrons. The number of aliphatic hydroxyl groups excluding tert-OH is 1. The summed E-state index contributed by atoms with van der Waals surface area (Å²) >= 11 is 0. The second kappa shape index (κ2) is 9.06. The van der Waals surface area contributed by atoms with Crippen molar-refractivity contribution in [2.75, 3.05) is 6.61 Å². The van der Waals surface area contributed by atoms with Crippen LogP contribution in [0.5, 0.6) is 5.75 Å². The van der Waals surface area contributed by atoms with Crippen molar-refractivity contribution in [3.05, 3.63) is 28.3 Å². The van der Waals surface area contributed by atoms with E-state index in [1.54, 1.807) is 6.07 Å². The highest BCUT2D eigenvalue weighted by atomic mass is 16.3. The second-order valence-corrected chi connectivity index (χ2v) is 9.47. The summed E-state index contributed by atoms with van der Waals surface area (Å²) < 4.78 is 0. The van der Waals surface area contributed by atoms with Crippen LogP contribution in [0.4, 0.5) is 0 Å². The van der Waals surface area contributed by atoms with Gasteiger partial charge in [0.15, 0.2) is 23.1 Å². The third-order valence-electron chi connectivity index (χ3n) is 6.87. The molecule has 1 aromatic carbocycles. The van der Waals surface area contributed by atoms with E-state index >= 15 is 0 Å². The number of phenolic OH excluding ortho intramolecular Hbond substituents is 1. The highest BCUT2D eigenvalue weighted by Gasteiger charge is 2.52. The van der Waals surface area contributed by atoms with E-state index in [0.29, 0.717) is 18.4 Å². The Morgan fingerprint density at radius 3 is 2.34 bits per heavy atom. The molecule has 3 rings (SSSR count). The van der Waals surface area contributed by atoms with Crippen molar-refractivity contribution >= 4 is 28.9 Å². The summed E-state index contributed by atoms with van der Waals surface area (Å²) in [5.74, 6) is -5.82. The van der Waals surface area contributed by atoms with Crippen LogP contribution in [0.1, 0.15) is 84.7 Å². The van der Waals surface area contributed by atoms with E-state index in [4.69, 9.17) is 0 Å². The Balaban J connectivity index is 2.14. The molecule has 1 aromatic rings. The highest BCUT2D eigenvalue weighted by Crippen LogP contribution is 2.48. The van der Waals surface area contributed by atoms with Gasteiger partial charge in [-0.05, 0) is 68.1 Å². The quantitative estimate of drug-likeness (QED) is 0.491. The Bertz CT molecular complexity index is 1000. The Labute approximate surface area is 187 Å². The number of aromatic hydroxyl groups is 1. The van der Waals surface area contributed by atoms with Crippen LogP contribution in [-0.2, 0) is 20.8 Å². The van der Waals surface area contributed by atoms with Gasteiger partial charge in [-0.15, -0.1) is 0 Å². The number of rotatable bonds is 7. The topological polar surface area (TPSA) is 126 Å². The third-order valence-corrected chi connectivity index (χ3v) is 6.87. The molecular weight excluding hydrogens is 412 g/mol. The number of phenols is 1. The van der Waals surface area contributed by atoms with Gasteiger partial charge in [0.1, 0.15) is 11.5 Å². The zero-order valence-electron chi connectivity index (χ0n) is 18.9. The number of hydrogen-bond acceptors (Lipinski definition) is 7. The molecule has 2 aliphatic rings. The molecule has 172 valence electrons. The van der Waals surface area contributed by atoms with Crippen LogP contribution in [0.2, 0.25) is 0 Å². The molecule has 1 fully saturated rings. The van der Waals surface area contributed by atoms with Crippen LogP contribution in [0.25, 0.3) is 0 Å². The molecule has 4 atom stereocenters. The van der Waals surface area contributed by atoms with Crippen molar-refractivity contribution in [3.8, 4) is 5.75 Å². The lowest BCUT2D eigenvalue weighted by atomic mass is 9.58. The van der Waals surface area contributed by atoms with E-state index in [0.717, 1.165) is 5.56 Å². The minimum atomic E-state index is -1.12. The number of carbonyl (C=O) groups is 5. The minimum absolute atomic E-state index is 0.00868. The fourth-order valence-corrected chi connectivity index (χ4v) is 5.51. The molecular formula is C25H30O7. The van der Waals surface area contributed by atoms with Crippen LogP contribution in [0, 0.1) is 23.7 Å². The zero-order valence-corrected chi connectivity index (χ0v) is 18.9. The van der Waals surface area contributed by atoms with Gasteiger partial charge in [0.2, 0.25) is 0 Å². The Kier molecular flexibility index (Phi) is 6.79. The molecule has 2 N–H and O–H groups in total. The van der Waals surface area contributed by atoms with E-state index in [9.17, 15) is 34.2 Å². The zero-order chi connectivity index (χ0) is 23.9. The number of aliphatic hydroxyl groups is 1. The predicted octanol–water partition coefficient (Wildman–Crippen LogP) is 2.83. The maximum Gasteiger partial charge on any atom is 0.177 e. The molecule has 7 heteroatoms. The van der Waals surface area contributed by atoms with Gasteiger partial charge in [-0.3, -0.25) is 24.0 Å². The summed E-state index contributed by atoms with van der Waals surface area (Å²) in [6.07, 6.45) is 0.600. The Morgan fingerprint density at radius 1 is 1.16 bits per heavy atom. The summed E-state index contributed by atoms with van der Waals surface area (Å²) in [7, 11) is 0. The number of hydrogen-bond donors (Lipinski definition) is 2. The molecule has 7 nitrogen and oxygen atoms in total. The van der Waals surface area contributed by atoms with Crippen molar-refractivity contribution < 1.29 is 34.2 Å². The van der Waals surface area contributed by atoms with Gasteiger partial charge in [-0.1, -0.05) is 13.8 Å². The van der Waals surface area contributed by atoms with Gasteiger partial charge in [0, 0.05) is 6.61 Å². The maximum absolute atomic E-state index is 13.6. The lowest BCUT2D eigenvalue weighted by Crippen LogP contribution is -2.50. The average Bonchev–Trinajstić information content (AvgIpc) is 2.66. The van der Waals surface area contributed by atoms with Crippen molar-refractivity contribution in [1.29, 1.82) is 0 Å². The van der Waals surface area contributed by atoms with Crippen LogP contribution >= 0.6 is 0 Å². The lowest BCUT2D eigenvalue weighted by molar-refractivity contribution is -0.142. The van der Waals surface area contributed by atoms with Gasteiger partial charge in [0.05, 0.1) is 29.4 Å². The average molecular weight is 443 g/mol. The monoisotopic (exact) mass is 442 g/mol. The van der Waals surface area contributed by atoms with Gasteiger partial charge < -0.3 is 10.2 Å². The van der Waals surface area contributed by atoms with Crippen LogP contribution in [0.3, 0.4) is 0 Å². The first-order valence-electron chi connectivity index (χ1n) is 11.1. The molecule has 0 heterocycles. The van der Waals surface area contributed by atoms with Crippen LogP contribution < -0.4 is 0 Å². The smallest absolute Gasteiger partial charge is 0.177 e. The molecule has 2 aliphatic carbocycles. The highest BCUT2D eigenvalue weighted by molar-refractivity contribution is 6.21. The number of benzene rings is 1. The second-order valence-electron chi connectivity index (χ2n) is 9.47. The Morgan fingerprint density at radius 2 is 1.81 bits per heavy atom. The fourth-order valence-electron chi connectivity index (χ4n) is 5.51. The minimum Gasteiger partial charge on any atom is -0.506 e. The summed E-state index contributed by atoms with van der Waals surface area (Å²) in [6.45, 7) is 6.24. The molecule has 32 heavy (non-hydrogen) atoms. The summed E-state index contributed by atoms with van der Waals surface area (Å²) in [5, 5.41) is 20.3. The van der Waals surface area contributed by atoms with Crippen LogP contribution in [-0.4, -0.2) is 45.7 Å².